The predicted octanol–water partition coefficient (Wildman–Crippen LogP) is 2.15. The fourth-order valence-corrected chi connectivity index (χ4v) is 4.08. The smallest absolute Gasteiger partial charge is 0.251 e. The standard InChI is InChI=1S/C24H29N3O4/c1-17-11-18(2)13-20(12-17)24(29)25-15-23(28)27-7-5-26(6-8-27)16-19-3-4-21-22(14-19)31-10-9-30-21/h3-4,11-14H,5-10,15-16H2,1-2H3,(H,25,29). The van der Waals surface area contributed by atoms with Crippen LogP contribution >= 0.6 is 0 Å². The topological polar surface area (TPSA) is 71.1 Å². The third-order valence-electron chi connectivity index (χ3n) is 5.62. The van der Waals surface area contributed by atoms with Gasteiger partial charge in [-0.3, -0.25) is 14.5 Å². The summed E-state index contributed by atoms with van der Waals surface area (Å²) in [6.07, 6.45) is 0. The number of hydrogen-bond donors (Lipinski definition) is 1. The minimum absolute atomic E-state index is 0.0218. The molecule has 2 aromatic rings. The number of amides is 2. The lowest BCUT2D eigenvalue weighted by atomic mass is 10.1. The molecule has 0 saturated carbocycles. The molecule has 1 fully saturated rings. The van der Waals surface area contributed by atoms with E-state index in [1.54, 1.807) is 0 Å². The number of rotatable bonds is 5. The number of benzene rings is 2. The van der Waals surface area contributed by atoms with Gasteiger partial charge in [-0.05, 0) is 43.7 Å². The normalized spacial score (nSPS) is 16.1. The van der Waals surface area contributed by atoms with E-state index in [1.165, 1.54) is 5.56 Å². The molecule has 4 rings (SSSR count). The molecule has 0 bridgehead atoms. The van der Waals surface area contributed by atoms with Gasteiger partial charge in [-0.1, -0.05) is 23.3 Å². The minimum atomic E-state index is -0.211. The average Bonchev–Trinajstić information content (AvgIpc) is 2.77. The highest BCUT2D eigenvalue weighted by atomic mass is 16.6. The first-order valence-electron chi connectivity index (χ1n) is 10.7. The quantitative estimate of drug-likeness (QED) is 0.798. The fourth-order valence-electron chi connectivity index (χ4n) is 4.08. The van der Waals surface area contributed by atoms with Gasteiger partial charge in [0.2, 0.25) is 5.91 Å². The van der Waals surface area contributed by atoms with Crippen LogP contribution in [0.25, 0.3) is 0 Å². The van der Waals surface area contributed by atoms with Crippen LogP contribution in [0.1, 0.15) is 27.0 Å². The molecule has 7 nitrogen and oxygen atoms in total. The summed E-state index contributed by atoms with van der Waals surface area (Å²) in [4.78, 5) is 29.1. The molecule has 0 aromatic heterocycles. The molecule has 0 unspecified atom stereocenters. The SMILES string of the molecule is Cc1cc(C)cc(C(=O)NCC(=O)N2CCN(Cc3ccc4c(c3)OCCO4)CC2)c1. The molecule has 164 valence electrons. The lowest BCUT2D eigenvalue weighted by molar-refractivity contribution is -0.131. The number of ether oxygens (including phenoxy) is 2. The average molecular weight is 424 g/mol. The summed E-state index contributed by atoms with van der Waals surface area (Å²) in [6, 6.07) is 11.8. The van der Waals surface area contributed by atoms with Crippen molar-refractivity contribution in [2.75, 3.05) is 45.9 Å². The monoisotopic (exact) mass is 423 g/mol. The second kappa shape index (κ2) is 9.39. The van der Waals surface area contributed by atoms with Gasteiger partial charge in [0.1, 0.15) is 13.2 Å². The molecule has 2 aromatic carbocycles. The molecule has 1 N–H and O–H groups in total. The fraction of sp³-hybridized carbons (Fsp3) is 0.417. The lowest BCUT2D eigenvalue weighted by Crippen LogP contribution is -2.50. The van der Waals surface area contributed by atoms with E-state index in [2.05, 4.69) is 16.3 Å². The first-order valence-corrected chi connectivity index (χ1v) is 10.7. The summed E-state index contributed by atoms with van der Waals surface area (Å²) in [5, 5.41) is 2.76. The van der Waals surface area contributed by atoms with Crippen LogP contribution < -0.4 is 14.8 Å². The third kappa shape index (κ3) is 5.35. The van der Waals surface area contributed by atoms with E-state index in [-0.39, 0.29) is 18.4 Å². The Hall–Kier alpha value is -3.06. The van der Waals surface area contributed by atoms with Gasteiger partial charge in [-0.2, -0.15) is 0 Å². The van der Waals surface area contributed by atoms with Gasteiger partial charge in [0, 0.05) is 38.3 Å². The molecule has 1 saturated heterocycles. The zero-order valence-corrected chi connectivity index (χ0v) is 18.1. The summed E-state index contributed by atoms with van der Waals surface area (Å²) in [5.41, 5.74) is 3.83. The molecule has 7 heteroatoms. The van der Waals surface area contributed by atoms with Crippen LogP contribution in [0.5, 0.6) is 11.5 Å². The van der Waals surface area contributed by atoms with E-state index in [0.29, 0.717) is 31.9 Å². The number of carbonyl (C=O) groups is 2. The highest BCUT2D eigenvalue weighted by molar-refractivity contribution is 5.96. The molecule has 0 aliphatic carbocycles. The highest BCUT2D eigenvalue weighted by Gasteiger charge is 2.22. The molecule has 2 heterocycles. The van der Waals surface area contributed by atoms with Crippen LogP contribution in [-0.4, -0.2) is 67.6 Å². The summed E-state index contributed by atoms with van der Waals surface area (Å²) in [5.74, 6) is 1.35. The molecular formula is C24H29N3O4. The van der Waals surface area contributed by atoms with Crippen molar-refractivity contribution < 1.29 is 19.1 Å². The molecule has 2 aliphatic heterocycles. The van der Waals surface area contributed by atoms with Crippen LogP contribution in [0.3, 0.4) is 0 Å². The van der Waals surface area contributed by atoms with Crippen molar-refractivity contribution in [2.45, 2.75) is 20.4 Å². The van der Waals surface area contributed by atoms with Gasteiger partial charge in [-0.25, -0.2) is 0 Å². The summed E-state index contributed by atoms with van der Waals surface area (Å²) < 4.78 is 11.2. The van der Waals surface area contributed by atoms with Crippen LogP contribution in [0.15, 0.2) is 36.4 Å². The Balaban J connectivity index is 1.24. The number of piperazine rings is 1. The summed E-state index contributed by atoms with van der Waals surface area (Å²) in [6.45, 7) is 8.82. The van der Waals surface area contributed by atoms with Crippen molar-refractivity contribution in [1.29, 1.82) is 0 Å². The maximum Gasteiger partial charge on any atom is 0.251 e. The van der Waals surface area contributed by atoms with Crippen molar-refractivity contribution >= 4 is 11.8 Å². The van der Waals surface area contributed by atoms with E-state index in [1.807, 2.05) is 49.1 Å². The van der Waals surface area contributed by atoms with Crippen LogP contribution in [0.4, 0.5) is 0 Å². The maximum absolute atomic E-state index is 12.6. The van der Waals surface area contributed by atoms with Gasteiger partial charge >= 0.3 is 0 Å². The number of carbonyl (C=O) groups excluding carboxylic acids is 2. The third-order valence-corrected chi connectivity index (χ3v) is 5.62. The van der Waals surface area contributed by atoms with E-state index in [0.717, 1.165) is 42.3 Å². The summed E-state index contributed by atoms with van der Waals surface area (Å²) >= 11 is 0. The van der Waals surface area contributed by atoms with Crippen LogP contribution in [0, 0.1) is 13.8 Å². The van der Waals surface area contributed by atoms with E-state index in [4.69, 9.17) is 9.47 Å². The second-order valence-corrected chi connectivity index (χ2v) is 8.19. The minimum Gasteiger partial charge on any atom is -0.486 e. The number of nitrogens with zero attached hydrogens (tertiary/aromatic N) is 2. The largest absolute Gasteiger partial charge is 0.486 e. The molecule has 0 atom stereocenters. The van der Waals surface area contributed by atoms with E-state index < -0.39 is 0 Å². The zero-order valence-electron chi connectivity index (χ0n) is 18.1. The Morgan fingerprint density at radius 1 is 0.903 bits per heavy atom. The van der Waals surface area contributed by atoms with E-state index in [9.17, 15) is 9.59 Å². The van der Waals surface area contributed by atoms with Crippen molar-refractivity contribution in [3.05, 3.63) is 58.7 Å². The first kappa shape index (κ1) is 21.2. The molecule has 31 heavy (non-hydrogen) atoms. The van der Waals surface area contributed by atoms with E-state index >= 15 is 0 Å². The zero-order chi connectivity index (χ0) is 21.8. The Morgan fingerprint density at radius 3 is 2.29 bits per heavy atom. The van der Waals surface area contributed by atoms with Gasteiger partial charge in [0.15, 0.2) is 11.5 Å². The number of fused-ring (bicyclic) bond motifs is 1. The van der Waals surface area contributed by atoms with Gasteiger partial charge in [-0.15, -0.1) is 0 Å². The van der Waals surface area contributed by atoms with Gasteiger partial charge in [0.25, 0.3) is 5.91 Å². The molecule has 2 aliphatic rings. The van der Waals surface area contributed by atoms with Crippen molar-refractivity contribution in [3.8, 4) is 11.5 Å². The Labute approximate surface area is 182 Å². The second-order valence-electron chi connectivity index (χ2n) is 8.19. The Kier molecular flexibility index (Phi) is 6.42. The van der Waals surface area contributed by atoms with Gasteiger partial charge < -0.3 is 19.7 Å². The van der Waals surface area contributed by atoms with Crippen LogP contribution in [-0.2, 0) is 11.3 Å². The van der Waals surface area contributed by atoms with Gasteiger partial charge in [0.05, 0.1) is 6.54 Å². The number of aryl methyl sites for hydroxylation is 2. The van der Waals surface area contributed by atoms with Crippen molar-refractivity contribution in [3.63, 3.8) is 0 Å². The predicted molar refractivity (Wildman–Crippen MR) is 118 cm³/mol. The molecule has 0 radical (unpaired) electrons. The maximum atomic E-state index is 12.6. The Bertz CT molecular complexity index is 947. The molecule has 0 spiro atoms. The lowest BCUT2D eigenvalue weighted by Gasteiger charge is -2.35. The molecule has 2 amide bonds. The highest BCUT2D eigenvalue weighted by Crippen LogP contribution is 2.31. The van der Waals surface area contributed by atoms with Crippen molar-refractivity contribution in [2.24, 2.45) is 0 Å². The number of hydrogen-bond acceptors (Lipinski definition) is 5. The summed E-state index contributed by atoms with van der Waals surface area (Å²) in [7, 11) is 0. The number of nitrogens with one attached hydrogen (secondary N) is 1. The van der Waals surface area contributed by atoms with Crippen LogP contribution in [0.2, 0.25) is 0 Å². The molecular weight excluding hydrogens is 394 g/mol. The first-order chi connectivity index (χ1) is 15.0. The van der Waals surface area contributed by atoms with Crippen molar-refractivity contribution in [1.82, 2.24) is 15.1 Å². The Morgan fingerprint density at radius 2 is 1.58 bits per heavy atom.